The molecule has 1 aliphatic heterocycles. The first-order valence-corrected chi connectivity index (χ1v) is 6.59. The van der Waals surface area contributed by atoms with Crippen LogP contribution >= 0.6 is 0 Å². The summed E-state index contributed by atoms with van der Waals surface area (Å²) in [6.45, 7) is 7.03. The molecule has 0 aliphatic carbocycles. The summed E-state index contributed by atoms with van der Waals surface area (Å²) in [4.78, 5) is 12.2. The van der Waals surface area contributed by atoms with Crippen LogP contribution in [0.4, 0.5) is 0 Å². The van der Waals surface area contributed by atoms with E-state index in [1.807, 2.05) is 32.9 Å². The fourth-order valence-electron chi connectivity index (χ4n) is 2.38. The Hall–Kier alpha value is -1.55. The van der Waals surface area contributed by atoms with Crippen LogP contribution in [-0.2, 0) is 9.53 Å². The number of phenols is 1. The van der Waals surface area contributed by atoms with Gasteiger partial charge in [0, 0.05) is 19.0 Å². The Bertz CT molecular complexity index is 447. The van der Waals surface area contributed by atoms with Crippen LogP contribution in [0, 0.1) is 5.92 Å². The van der Waals surface area contributed by atoms with Crippen molar-refractivity contribution in [2.75, 3.05) is 13.1 Å². The first kappa shape index (κ1) is 13.9. The minimum Gasteiger partial charge on any atom is -0.508 e. The zero-order valence-corrected chi connectivity index (χ0v) is 11.6. The standard InChI is InChI=1S/C15H21NO3/c1-15(2,3)19-14(18)13-9-16-8-12(13)10-4-6-11(17)7-5-10/h4-7,12-13,16-17H,8-9H2,1-3H3. The number of aromatic hydroxyl groups is 1. The summed E-state index contributed by atoms with van der Waals surface area (Å²) in [5.74, 6) is 0.0262. The lowest BCUT2D eigenvalue weighted by molar-refractivity contribution is -0.159. The molecule has 0 aromatic heterocycles. The third-order valence-corrected chi connectivity index (χ3v) is 3.24. The largest absolute Gasteiger partial charge is 0.508 e. The average molecular weight is 263 g/mol. The van der Waals surface area contributed by atoms with Crippen molar-refractivity contribution in [2.24, 2.45) is 5.92 Å². The van der Waals surface area contributed by atoms with Crippen LogP contribution in [0.3, 0.4) is 0 Å². The maximum atomic E-state index is 12.2. The third kappa shape index (κ3) is 3.47. The van der Waals surface area contributed by atoms with Crippen molar-refractivity contribution in [3.8, 4) is 5.75 Å². The molecule has 0 radical (unpaired) electrons. The molecule has 1 aromatic rings. The molecule has 2 N–H and O–H groups in total. The van der Waals surface area contributed by atoms with Crippen LogP contribution in [0.5, 0.6) is 5.75 Å². The van der Waals surface area contributed by atoms with Gasteiger partial charge in [-0.05, 0) is 38.5 Å². The van der Waals surface area contributed by atoms with Crippen molar-refractivity contribution < 1.29 is 14.6 Å². The van der Waals surface area contributed by atoms with Crippen molar-refractivity contribution in [1.82, 2.24) is 5.32 Å². The normalized spacial score (nSPS) is 23.3. The van der Waals surface area contributed by atoms with Crippen LogP contribution in [-0.4, -0.2) is 29.8 Å². The minimum absolute atomic E-state index is 0.107. The quantitative estimate of drug-likeness (QED) is 0.802. The van der Waals surface area contributed by atoms with Gasteiger partial charge >= 0.3 is 5.97 Å². The van der Waals surface area contributed by atoms with Crippen molar-refractivity contribution in [3.05, 3.63) is 29.8 Å². The summed E-state index contributed by atoms with van der Waals surface area (Å²) in [6, 6.07) is 7.04. The molecular formula is C15H21NO3. The number of benzene rings is 1. The molecule has 1 heterocycles. The number of hydrogen-bond acceptors (Lipinski definition) is 4. The van der Waals surface area contributed by atoms with Gasteiger partial charge in [0.25, 0.3) is 0 Å². The van der Waals surface area contributed by atoms with Gasteiger partial charge < -0.3 is 15.2 Å². The van der Waals surface area contributed by atoms with Gasteiger partial charge in [-0.15, -0.1) is 0 Å². The smallest absolute Gasteiger partial charge is 0.311 e. The predicted octanol–water partition coefficient (Wildman–Crippen LogP) is 2.04. The monoisotopic (exact) mass is 263 g/mol. The van der Waals surface area contributed by atoms with Crippen molar-refractivity contribution >= 4 is 5.97 Å². The van der Waals surface area contributed by atoms with E-state index in [2.05, 4.69) is 5.32 Å². The number of esters is 1. The minimum atomic E-state index is -0.459. The average Bonchev–Trinajstić information content (AvgIpc) is 2.76. The Morgan fingerprint density at radius 3 is 2.47 bits per heavy atom. The molecule has 1 saturated heterocycles. The van der Waals surface area contributed by atoms with Crippen LogP contribution in [0.1, 0.15) is 32.3 Å². The molecule has 1 aliphatic rings. The van der Waals surface area contributed by atoms with E-state index in [4.69, 9.17) is 4.74 Å². The van der Waals surface area contributed by atoms with Gasteiger partial charge in [-0.3, -0.25) is 4.79 Å². The molecule has 19 heavy (non-hydrogen) atoms. The molecule has 4 nitrogen and oxygen atoms in total. The zero-order chi connectivity index (χ0) is 14.0. The molecule has 2 rings (SSSR count). The molecule has 0 bridgehead atoms. The first-order chi connectivity index (χ1) is 8.87. The van der Waals surface area contributed by atoms with E-state index >= 15 is 0 Å². The lowest BCUT2D eigenvalue weighted by atomic mass is 9.89. The summed E-state index contributed by atoms with van der Waals surface area (Å²) in [5, 5.41) is 12.6. The Kier molecular flexibility index (Phi) is 3.80. The van der Waals surface area contributed by atoms with E-state index in [1.54, 1.807) is 12.1 Å². The SMILES string of the molecule is CC(C)(C)OC(=O)C1CNCC1c1ccc(O)cc1. The lowest BCUT2D eigenvalue weighted by Crippen LogP contribution is -2.31. The Morgan fingerprint density at radius 2 is 1.89 bits per heavy atom. The van der Waals surface area contributed by atoms with Crippen LogP contribution in [0.2, 0.25) is 0 Å². The Labute approximate surface area is 113 Å². The van der Waals surface area contributed by atoms with E-state index < -0.39 is 5.60 Å². The second kappa shape index (κ2) is 5.21. The number of phenolic OH excluding ortho intramolecular Hbond substituents is 1. The summed E-state index contributed by atoms with van der Waals surface area (Å²) in [6.07, 6.45) is 0. The highest BCUT2D eigenvalue weighted by atomic mass is 16.6. The van der Waals surface area contributed by atoms with Crippen molar-refractivity contribution in [3.63, 3.8) is 0 Å². The summed E-state index contributed by atoms with van der Waals surface area (Å²) >= 11 is 0. The van der Waals surface area contributed by atoms with Crippen LogP contribution in [0.25, 0.3) is 0 Å². The third-order valence-electron chi connectivity index (χ3n) is 3.24. The first-order valence-electron chi connectivity index (χ1n) is 6.59. The van der Waals surface area contributed by atoms with Gasteiger partial charge in [-0.25, -0.2) is 0 Å². The molecule has 0 saturated carbocycles. The molecule has 4 heteroatoms. The number of nitrogens with one attached hydrogen (secondary N) is 1. The van der Waals surface area contributed by atoms with Crippen molar-refractivity contribution in [2.45, 2.75) is 32.3 Å². The second-order valence-electron chi connectivity index (χ2n) is 6.00. The molecular weight excluding hydrogens is 242 g/mol. The van der Waals surface area contributed by atoms with E-state index in [1.165, 1.54) is 0 Å². The number of carbonyl (C=O) groups is 1. The fraction of sp³-hybridized carbons (Fsp3) is 0.533. The zero-order valence-electron chi connectivity index (χ0n) is 11.6. The van der Waals surface area contributed by atoms with E-state index in [9.17, 15) is 9.90 Å². The summed E-state index contributed by atoms with van der Waals surface area (Å²) in [5.41, 5.74) is 0.595. The molecule has 2 atom stereocenters. The van der Waals surface area contributed by atoms with Gasteiger partial charge in [0.15, 0.2) is 0 Å². The van der Waals surface area contributed by atoms with Gasteiger partial charge in [0.2, 0.25) is 0 Å². The molecule has 1 fully saturated rings. The lowest BCUT2D eigenvalue weighted by Gasteiger charge is -2.24. The molecule has 1 aromatic carbocycles. The summed E-state index contributed by atoms with van der Waals surface area (Å²) < 4.78 is 5.47. The number of rotatable bonds is 2. The van der Waals surface area contributed by atoms with Crippen molar-refractivity contribution in [1.29, 1.82) is 0 Å². The predicted molar refractivity (Wildman–Crippen MR) is 73.1 cm³/mol. The molecule has 104 valence electrons. The van der Waals surface area contributed by atoms with Gasteiger partial charge in [0.05, 0.1) is 5.92 Å². The van der Waals surface area contributed by atoms with Crippen LogP contribution in [0.15, 0.2) is 24.3 Å². The van der Waals surface area contributed by atoms with Gasteiger partial charge in [-0.1, -0.05) is 12.1 Å². The maximum absolute atomic E-state index is 12.2. The topological polar surface area (TPSA) is 58.6 Å². The Balaban J connectivity index is 2.12. The highest BCUT2D eigenvalue weighted by molar-refractivity contribution is 5.75. The van der Waals surface area contributed by atoms with E-state index in [0.29, 0.717) is 6.54 Å². The molecule has 2 unspecified atom stereocenters. The molecule has 0 amide bonds. The highest BCUT2D eigenvalue weighted by Gasteiger charge is 2.36. The van der Waals surface area contributed by atoms with E-state index in [-0.39, 0.29) is 23.6 Å². The van der Waals surface area contributed by atoms with Crippen LogP contribution < -0.4 is 5.32 Å². The number of hydrogen-bond donors (Lipinski definition) is 2. The summed E-state index contributed by atoms with van der Waals surface area (Å²) in [7, 11) is 0. The maximum Gasteiger partial charge on any atom is 0.311 e. The highest BCUT2D eigenvalue weighted by Crippen LogP contribution is 2.31. The second-order valence-corrected chi connectivity index (χ2v) is 6.00. The van der Waals surface area contributed by atoms with Gasteiger partial charge in [-0.2, -0.15) is 0 Å². The number of carbonyl (C=O) groups excluding carboxylic acids is 1. The number of ether oxygens (including phenoxy) is 1. The Morgan fingerprint density at radius 1 is 1.26 bits per heavy atom. The van der Waals surface area contributed by atoms with Gasteiger partial charge in [0.1, 0.15) is 11.4 Å². The fourth-order valence-corrected chi connectivity index (χ4v) is 2.38. The van der Waals surface area contributed by atoms with E-state index in [0.717, 1.165) is 12.1 Å². The molecule has 0 spiro atoms.